The summed E-state index contributed by atoms with van der Waals surface area (Å²) in [5.74, 6) is 0.323. The maximum atomic E-state index is 12.0. The van der Waals surface area contributed by atoms with E-state index in [-0.39, 0.29) is 23.2 Å². The Bertz CT molecular complexity index is 577. The molecule has 5 heteroatoms. The van der Waals surface area contributed by atoms with E-state index >= 15 is 0 Å². The zero-order valence-electron chi connectivity index (χ0n) is 12.9. The second-order valence-electron chi connectivity index (χ2n) is 6.77. The van der Waals surface area contributed by atoms with Gasteiger partial charge >= 0.3 is 5.97 Å². The van der Waals surface area contributed by atoms with Gasteiger partial charge < -0.3 is 14.8 Å². The van der Waals surface area contributed by atoms with Crippen LogP contribution in [0.1, 0.15) is 30.6 Å². The third kappa shape index (κ3) is 3.30. The predicted molar refractivity (Wildman–Crippen MR) is 81.6 cm³/mol. The zero-order valence-corrected chi connectivity index (χ0v) is 12.9. The number of carbonyl (C=O) groups excluding carboxylic acids is 2. The SMILES string of the molecule is CC1CC1C(=O)Nc1ccc(C(=O)OCC2(C)COC2)cc1. The van der Waals surface area contributed by atoms with Gasteiger partial charge in [0.15, 0.2) is 0 Å². The second-order valence-corrected chi connectivity index (χ2v) is 6.77. The minimum absolute atomic E-state index is 0.0511. The van der Waals surface area contributed by atoms with Crippen molar-refractivity contribution in [1.29, 1.82) is 0 Å². The van der Waals surface area contributed by atoms with Crippen LogP contribution in [0.15, 0.2) is 24.3 Å². The molecule has 1 aromatic carbocycles. The summed E-state index contributed by atoms with van der Waals surface area (Å²) < 4.78 is 10.4. The number of benzene rings is 1. The number of hydrogen-bond donors (Lipinski definition) is 1. The quantitative estimate of drug-likeness (QED) is 0.849. The summed E-state index contributed by atoms with van der Waals surface area (Å²) in [4.78, 5) is 23.8. The third-order valence-corrected chi connectivity index (χ3v) is 4.29. The van der Waals surface area contributed by atoms with Crippen LogP contribution in [-0.4, -0.2) is 31.7 Å². The lowest BCUT2D eigenvalue weighted by Gasteiger charge is -2.37. The molecular formula is C17H21NO4. The van der Waals surface area contributed by atoms with Gasteiger partial charge in [-0.3, -0.25) is 4.79 Å². The molecule has 0 radical (unpaired) electrons. The number of hydrogen-bond acceptors (Lipinski definition) is 4. The first kappa shape index (κ1) is 15.0. The Morgan fingerprint density at radius 1 is 1.32 bits per heavy atom. The van der Waals surface area contributed by atoms with E-state index in [2.05, 4.69) is 12.2 Å². The van der Waals surface area contributed by atoms with E-state index in [4.69, 9.17) is 9.47 Å². The third-order valence-electron chi connectivity index (χ3n) is 4.29. The van der Waals surface area contributed by atoms with Crippen LogP contribution in [0.5, 0.6) is 0 Å². The monoisotopic (exact) mass is 303 g/mol. The number of ether oxygens (including phenoxy) is 2. The van der Waals surface area contributed by atoms with E-state index < -0.39 is 0 Å². The maximum Gasteiger partial charge on any atom is 0.338 e. The minimum atomic E-state index is -0.346. The molecule has 2 aliphatic rings. The number of amides is 1. The Kier molecular flexibility index (Phi) is 3.91. The van der Waals surface area contributed by atoms with Crippen molar-refractivity contribution < 1.29 is 19.1 Å². The molecule has 1 aliphatic carbocycles. The van der Waals surface area contributed by atoms with Crippen molar-refractivity contribution in [2.75, 3.05) is 25.1 Å². The lowest BCUT2D eigenvalue weighted by molar-refractivity contribution is -0.127. The van der Waals surface area contributed by atoms with E-state index in [1.54, 1.807) is 24.3 Å². The lowest BCUT2D eigenvalue weighted by atomic mass is 9.90. The smallest absolute Gasteiger partial charge is 0.338 e. The van der Waals surface area contributed by atoms with Crippen molar-refractivity contribution >= 4 is 17.6 Å². The van der Waals surface area contributed by atoms with Gasteiger partial charge in [-0.05, 0) is 36.6 Å². The van der Waals surface area contributed by atoms with Crippen molar-refractivity contribution in [2.24, 2.45) is 17.3 Å². The molecule has 3 rings (SSSR count). The largest absolute Gasteiger partial charge is 0.461 e. The highest BCUT2D eigenvalue weighted by atomic mass is 16.5. The molecule has 1 N–H and O–H groups in total. The van der Waals surface area contributed by atoms with Gasteiger partial charge in [-0.15, -0.1) is 0 Å². The van der Waals surface area contributed by atoms with Crippen molar-refractivity contribution in [2.45, 2.75) is 20.3 Å². The van der Waals surface area contributed by atoms with Crippen molar-refractivity contribution in [1.82, 2.24) is 0 Å². The lowest BCUT2D eigenvalue weighted by Crippen LogP contribution is -2.44. The van der Waals surface area contributed by atoms with Gasteiger partial charge in [0.2, 0.25) is 5.91 Å². The summed E-state index contributed by atoms with van der Waals surface area (Å²) in [6.45, 7) is 5.72. The number of carbonyl (C=O) groups is 2. The molecule has 1 aliphatic heterocycles. The maximum absolute atomic E-state index is 12.0. The molecule has 2 unspecified atom stereocenters. The summed E-state index contributed by atoms with van der Waals surface area (Å²) >= 11 is 0. The number of nitrogens with one attached hydrogen (secondary N) is 1. The Morgan fingerprint density at radius 2 is 1.95 bits per heavy atom. The minimum Gasteiger partial charge on any atom is -0.461 e. The van der Waals surface area contributed by atoms with Crippen molar-refractivity contribution in [3.63, 3.8) is 0 Å². The van der Waals surface area contributed by atoms with Crippen LogP contribution in [0.3, 0.4) is 0 Å². The molecule has 0 spiro atoms. The van der Waals surface area contributed by atoms with Crippen molar-refractivity contribution in [3.8, 4) is 0 Å². The molecule has 2 atom stereocenters. The number of esters is 1. The first-order valence-corrected chi connectivity index (χ1v) is 7.63. The molecule has 5 nitrogen and oxygen atoms in total. The van der Waals surface area contributed by atoms with E-state index in [1.807, 2.05) is 6.92 Å². The molecule has 1 amide bonds. The first-order valence-electron chi connectivity index (χ1n) is 7.63. The highest BCUT2D eigenvalue weighted by Crippen LogP contribution is 2.38. The number of anilines is 1. The number of rotatable bonds is 5. The highest BCUT2D eigenvalue weighted by molar-refractivity contribution is 5.95. The van der Waals surface area contributed by atoms with Gasteiger partial charge in [0.25, 0.3) is 0 Å². The van der Waals surface area contributed by atoms with Crippen LogP contribution >= 0.6 is 0 Å². The fraction of sp³-hybridized carbons (Fsp3) is 0.529. The Labute approximate surface area is 130 Å². The molecule has 1 aromatic rings. The van der Waals surface area contributed by atoms with Crippen LogP contribution < -0.4 is 5.32 Å². The average Bonchev–Trinajstić information content (AvgIpc) is 3.21. The molecular weight excluding hydrogens is 282 g/mol. The van der Waals surface area contributed by atoms with Gasteiger partial charge in [0, 0.05) is 17.0 Å². The molecule has 0 bridgehead atoms. The predicted octanol–water partition coefficient (Wildman–Crippen LogP) is 2.47. The van der Waals surface area contributed by atoms with Crippen LogP contribution in [-0.2, 0) is 14.3 Å². The van der Waals surface area contributed by atoms with Gasteiger partial charge in [-0.1, -0.05) is 13.8 Å². The highest BCUT2D eigenvalue weighted by Gasteiger charge is 2.39. The Hall–Kier alpha value is -1.88. The average molecular weight is 303 g/mol. The van der Waals surface area contributed by atoms with Crippen LogP contribution in [0.25, 0.3) is 0 Å². The fourth-order valence-corrected chi connectivity index (χ4v) is 2.47. The first-order chi connectivity index (χ1) is 10.5. The normalized spacial score (nSPS) is 25.0. The van der Waals surface area contributed by atoms with Gasteiger partial charge in [-0.25, -0.2) is 4.79 Å². The van der Waals surface area contributed by atoms with Crippen LogP contribution in [0.4, 0.5) is 5.69 Å². The molecule has 118 valence electrons. The summed E-state index contributed by atoms with van der Waals surface area (Å²) in [5, 5.41) is 2.87. The molecule has 2 fully saturated rings. The summed E-state index contributed by atoms with van der Waals surface area (Å²) in [7, 11) is 0. The topological polar surface area (TPSA) is 64.6 Å². The fourth-order valence-electron chi connectivity index (χ4n) is 2.47. The van der Waals surface area contributed by atoms with Crippen molar-refractivity contribution in [3.05, 3.63) is 29.8 Å². The summed E-state index contributed by atoms with van der Waals surface area (Å²) in [6, 6.07) is 6.81. The van der Waals surface area contributed by atoms with Gasteiger partial charge in [0.05, 0.1) is 18.8 Å². The zero-order chi connectivity index (χ0) is 15.7. The van der Waals surface area contributed by atoms with E-state index in [9.17, 15) is 9.59 Å². The Morgan fingerprint density at radius 3 is 2.45 bits per heavy atom. The van der Waals surface area contributed by atoms with E-state index in [1.165, 1.54) is 0 Å². The van der Waals surface area contributed by atoms with Gasteiger partial charge in [-0.2, -0.15) is 0 Å². The second kappa shape index (κ2) is 5.72. The standard InChI is InChI=1S/C17H21NO4/c1-11-7-14(11)15(19)18-13-5-3-12(4-6-13)16(20)22-10-17(2)8-21-9-17/h3-6,11,14H,7-10H2,1-2H3,(H,18,19). The Balaban J connectivity index is 1.52. The van der Waals surface area contributed by atoms with E-state index in [0.717, 1.165) is 6.42 Å². The molecule has 22 heavy (non-hydrogen) atoms. The van der Waals surface area contributed by atoms with E-state index in [0.29, 0.717) is 37.0 Å². The summed E-state index contributed by atoms with van der Waals surface area (Å²) in [6.07, 6.45) is 0.957. The molecule has 1 saturated heterocycles. The molecule has 1 saturated carbocycles. The molecule has 1 heterocycles. The molecule has 0 aromatic heterocycles. The van der Waals surface area contributed by atoms with Crippen LogP contribution in [0, 0.1) is 17.3 Å². The van der Waals surface area contributed by atoms with Crippen LogP contribution in [0.2, 0.25) is 0 Å². The summed E-state index contributed by atoms with van der Waals surface area (Å²) in [5.41, 5.74) is 1.14. The van der Waals surface area contributed by atoms with Gasteiger partial charge in [0.1, 0.15) is 6.61 Å².